The highest BCUT2D eigenvalue weighted by molar-refractivity contribution is 5.72. The van der Waals surface area contributed by atoms with Gasteiger partial charge in [0, 0.05) is 12.6 Å². The third-order valence-corrected chi connectivity index (χ3v) is 2.72. The second-order valence-electron chi connectivity index (χ2n) is 5.15. The summed E-state index contributed by atoms with van der Waals surface area (Å²) < 4.78 is 4.94. The van der Waals surface area contributed by atoms with Crippen molar-refractivity contribution in [3.8, 4) is 0 Å². The molecule has 0 rings (SSSR count). The van der Waals surface area contributed by atoms with E-state index in [0.717, 1.165) is 0 Å². The Labute approximate surface area is 93.6 Å². The third-order valence-electron chi connectivity index (χ3n) is 2.72. The van der Waals surface area contributed by atoms with Crippen molar-refractivity contribution in [2.75, 3.05) is 13.2 Å². The largest absolute Gasteiger partial charge is 0.466 e. The summed E-state index contributed by atoms with van der Waals surface area (Å²) in [4.78, 5) is 11.3. The van der Waals surface area contributed by atoms with Gasteiger partial charge in [0.05, 0.1) is 12.5 Å². The van der Waals surface area contributed by atoms with Crippen molar-refractivity contribution in [1.82, 2.24) is 5.32 Å². The molecule has 3 nitrogen and oxygen atoms in total. The van der Waals surface area contributed by atoms with Crippen molar-refractivity contribution in [3.05, 3.63) is 0 Å². The first kappa shape index (κ1) is 14.4. The van der Waals surface area contributed by atoms with Crippen LogP contribution in [0.15, 0.2) is 0 Å². The van der Waals surface area contributed by atoms with Crippen LogP contribution in [-0.2, 0) is 9.53 Å². The molecule has 90 valence electrons. The van der Waals surface area contributed by atoms with Crippen LogP contribution in [0.2, 0.25) is 0 Å². The van der Waals surface area contributed by atoms with Crippen LogP contribution in [0.3, 0.4) is 0 Å². The zero-order chi connectivity index (χ0) is 12.1. The van der Waals surface area contributed by atoms with E-state index in [1.165, 1.54) is 0 Å². The predicted molar refractivity (Wildman–Crippen MR) is 62.7 cm³/mol. The zero-order valence-corrected chi connectivity index (χ0v) is 10.9. The monoisotopic (exact) mass is 215 g/mol. The lowest BCUT2D eigenvalue weighted by molar-refractivity contribution is -0.147. The molecule has 0 fully saturated rings. The molecule has 0 saturated carbocycles. The Hall–Kier alpha value is -0.570. The van der Waals surface area contributed by atoms with E-state index in [-0.39, 0.29) is 17.3 Å². The molecule has 2 atom stereocenters. The van der Waals surface area contributed by atoms with Gasteiger partial charge >= 0.3 is 5.97 Å². The van der Waals surface area contributed by atoms with E-state index in [0.29, 0.717) is 19.2 Å². The minimum atomic E-state index is -0.119. The summed E-state index contributed by atoms with van der Waals surface area (Å²) in [6.45, 7) is 13.5. The lowest BCUT2D eigenvalue weighted by Gasteiger charge is -2.29. The average molecular weight is 215 g/mol. The zero-order valence-electron chi connectivity index (χ0n) is 10.9. The summed E-state index contributed by atoms with van der Waals surface area (Å²) in [5.41, 5.74) is 0.217. The van der Waals surface area contributed by atoms with Crippen LogP contribution in [0, 0.1) is 11.3 Å². The number of rotatable bonds is 5. The number of ether oxygens (including phenoxy) is 1. The Balaban J connectivity index is 3.90. The highest BCUT2D eigenvalue weighted by atomic mass is 16.5. The molecule has 1 N–H and O–H groups in total. The molecule has 0 aromatic rings. The summed E-state index contributed by atoms with van der Waals surface area (Å²) in [5, 5.41) is 3.36. The first-order valence-electron chi connectivity index (χ1n) is 5.69. The Morgan fingerprint density at radius 1 is 1.33 bits per heavy atom. The molecule has 0 bridgehead atoms. The third kappa shape index (κ3) is 5.78. The van der Waals surface area contributed by atoms with Crippen LogP contribution in [0.25, 0.3) is 0 Å². The molecule has 0 radical (unpaired) electrons. The van der Waals surface area contributed by atoms with Crippen LogP contribution in [0.1, 0.15) is 41.5 Å². The average Bonchev–Trinajstić information content (AvgIpc) is 2.12. The molecule has 0 amide bonds. The smallest absolute Gasteiger partial charge is 0.309 e. The Morgan fingerprint density at radius 2 is 1.87 bits per heavy atom. The van der Waals surface area contributed by atoms with Gasteiger partial charge in [-0.05, 0) is 19.3 Å². The molecular weight excluding hydrogens is 190 g/mol. The van der Waals surface area contributed by atoms with Gasteiger partial charge in [-0.1, -0.05) is 27.7 Å². The molecule has 0 heterocycles. The number of hydrogen-bond acceptors (Lipinski definition) is 3. The first-order valence-corrected chi connectivity index (χ1v) is 5.69. The summed E-state index contributed by atoms with van der Waals surface area (Å²) in [7, 11) is 0. The minimum Gasteiger partial charge on any atom is -0.466 e. The lowest BCUT2D eigenvalue weighted by Crippen LogP contribution is -2.41. The van der Waals surface area contributed by atoms with Crippen molar-refractivity contribution in [3.63, 3.8) is 0 Å². The molecular formula is C12H25NO2. The molecule has 0 aliphatic rings. The van der Waals surface area contributed by atoms with Gasteiger partial charge < -0.3 is 10.1 Å². The lowest BCUT2D eigenvalue weighted by atomic mass is 9.88. The van der Waals surface area contributed by atoms with Gasteiger partial charge in [0.2, 0.25) is 0 Å². The van der Waals surface area contributed by atoms with Crippen LogP contribution < -0.4 is 5.32 Å². The van der Waals surface area contributed by atoms with Gasteiger partial charge in [-0.2, -0.15) is 0 Å². The number of hydrogen-bond donors (Lipinski definition) is 1. The summed E-state index contributed by atoms with van der Waals surface area (Å²) in [6, 6.07) is 0.384. The number of nitrogens with one attached hydrogen (secondary N) is 1. The summed E-state index contributed by atoms with van der Waals surface area (Å²) in [6.07, 6.45) is 0. The summed E-state index contributed by atoms with van der Waals surface area (Å²) in [5.74, 6) is -0.194. The molecule has 0 spiro atoms. The SMILES string of the molecule is CCOC(=O)C(C)CNC(C)C(C)(C)C. The molecule has 0 aliphatic carbocycles. The van der Waals surface area contributed by atoms with Crippen molar-refractivity contribution in [2.45, 2.75) is 47.6 Å². The van der Waals surface area contributed by atoms with E-state index < -0.39 is 0 Å². The molecule has 0 aromatic heterocycles. The van der Waals surface area contributed by atoms with Crippen LogP contribution >= 0.6 is 0 Å². The number of carbonyl (C=O) groups is 1. The predicted octanol–water partition coefficient (Wildman–Crippen LogP) is 2.21. The summed E-state index contributed by atoms with van der Waals surface area (Å²) >= 11 is 0. The van der Waals surface area contributed by atoms with Crippen LogP contribution in [0.4, 0.5) is 0 Å². The maximum absolute atomic E-state index is 11.3. The van der Waals surface area contributed by atoms with E-state index in [1.807, 2.05) is 13.8 Å². The van der Waals surface area contributed by atoms with Gasteiger partial charge in [0.25, 0.3) is 0 Å². The van der Waals surface area contributed by atoms with E-state index in [2.05, 4.69) is 33.0 Å². The fourth-order valence-electron chi connectivity index (χ4n) is 1.03. The van der Waals surface area contributed by atoms with Gasteiger partial charge in [-0.25, -0.2) is 0 Å². The second kappa shape index (κ2) is 6.11. The Bertz CT molecular complexity index is 196. The number of carbonyl (C=O) groups excluding carboxylic acids is 1. The van der Waals surface area contributed by atoms with Crippen molar-refractivity contribution >= 4 is 5.97 Å². The van der Waals surface area contributed by atoms with E-state index in [4.69, 9.17) is 4.74 Å². The molecule has 3 heteroatoms. The fraction of sp³-hybridized carbons (Fsp3) is 0.917. The van der Waals surface area contributed by atoms with Crippen molar-refractivity contribution in [2.24, 2.45) is 11.3 Å². The van der Waals surface area contributed by atoms with Crippen LogP contribution in [0.5, 0.6) is 0 Å². The van der Waals surface area contributed by atoms with Crippen molar-refractivity contribution < 1.29 is 9.53 Å². The molecule has 15 heavy (non-hydrogen) atoms. The van der Waals surface area contributed by atoms with Crippen LogP contribution in [-0.4, -0.2) is 25.2 Å². The normalized spacial score (nSPS) is 15.9. The topological polar surface area (TPSA) is 38.3 Å². The molecule has 0 aliphatic heterocycles. The van der Waals surface area contributed by atoms with E-state index in [1.54, 1.807) is 0 Å². The van der Waals surface area contributed by atoms with Gasteiger partial charge in [-0.15, -0.1) is 0 Å². The fourth-order valence-corrected chi connectivity index (χ4v) is 1.03. The molecule has 0 aromatic carbocycles. The van der Waals surface area contributed by atoms with Gasteiger partial charge in [0.1, 0.15) is 0 Å². The highest BCUT2D eigenvalue weighted by Gasteiger charge is 2.21. The Kier molecular flexibility index (Phi) is 5.88. The van der Waals surface area contributed by atoms with E-state index in [9.17, 15) is 4.79 Å². The standard InChI is InChI=1S/C12H25NO2/c1-7-15-11(14)9(2)8-13-10(3)12(4,5)6/h9-10,13H,7-8H2,1-6H3. The molecule has 0 saturated heterocycles. The minimum absolute atomic E-state index is 0.0743. The van der Waals surface area contributed by atoms with Gasteiger partial charge in [-0.3, -0.25) is 4.79 Å². The van der Waals surface area contributed by atoms with Crippen molar-refractivity contribution in [1.29, 1.82) is 0 Å². The molecule has 2 unspecified atom stereocenters. The second-order valence-corrected chi connectivity index (χ2v) is 5.15. The van der Waals surface area contributed by atoms with Gasteiger partial charge in [0.15, 0.2) is 0 Å². The maximum atomic E-state index is 11.3. The Morgan fingerprint density at radius 3 is 2.27 bits per heavy atom. The first-order chi connectivity index (χ1) is 6.79. The number of esters is 1. The highest BCUT2D eigenvalue weighted by Crippen LogP contribution is 2.18. The quantitative estimate of drug-likeness (QED) is 0.715. The maximum Gasteiger partial charge on any atom is 0.309 e. The van der Waals surface area contributed by atoms with E-state index >= 15 is 0 Å².